The van der Waals surface area contributed by atoms with Gasteiger partial charge in [0, 0.05) is 18.3 Å². The van der Waals surface area contributed by atoms with E-state index in [0.29, 0.717) is 6.04 Å². The molecule has 108 valence electrons. The van der Waals surface area contributed by atoms with E-state index in [0.717, 1.165) is 19.0 Å². The predicted octanol–water partition coefficient (Wildman–Crippen LogP) is 3.83. The lowest BCUT2D eigenvalue weighted by Gasteiger charge is -2.31. The van der Waals surface area contributed by atoms with E-state index in [1.165, 1.54) is 49.8 Å². The minimum Gasteiger partial charge on any atom is -0.313 e. The molecule has 2 atom stereocenters. The van der Waals surface area contributed by atoms with Gasteiger partial charge in [-0.2, -0.15) is 5.10 Å². The van der Waals surface area contributed by atoms with Crippen molar-refractivity contribution in [1.82, 2.24) is 15.1 Å². The summed E-state index contributed by atoms with van der Waals surface area (Å²) >= 11 is 0. The zero-order valence-electron chi connectivity index (χ0n) is 12.8. The van der Waals surface area contributed by atoms with Crippen molar-refractivity contribution in [3.05, 3.63) is 17.5 Å². The lowest BCUT2D eigenvalue weighted by Crippen LogP contribution is -2.23. The molecule has 1 fully saturated rings. The molecule has 3 nitrogen and oxygen atoms in total. The molecule has 0 amide bonds. The SMILES string of the molecule is CCCNCc1cn(C2CCCCC2CC)nc1C. The van der Waals surface area contributed by atoms with Gasteiger partial charge >= 0.3 is 0 Å². The molecule has 0 aliphatic heterocycles. The molecule has 0 bridgehead atoms. The topological polar surface area (TPSA) is 29.9 Å². The lowest BCUT2D eigenvalue weighted by molar-refractivity contribution is 0.217. The van der Waals surface area contributed by atoms with E-state index in [4.69, 9.17) is 5.10 Å². The molecule has 2 rings (SSSR count). The van der Waals surface area contributed by atoms with Gasteiger partial charge in [-0.15, -0.1) is 0 Å². The largest absolute Gasteiger partial charge is 0.313 e. The highest BCUT2D eigenvalue weighted by Crippen LogP contribution is 2.35. The van der Waals surface area contributed by atoms with Crippen molar-refractivity contribution in [1.29, 1.82) is 0 Å². The van der Waals surface area contributed by atoms with Gasteiger partial charge in [-0.05, 0) is 38.6 Å². The number of aromatic nitrogens is 2. The number of rotatable bonds is 6. The Labute approximate surface area is 117 Å². The van der Waals surface area contributed by atoms with Crippen LogP contribution in [0.3, 0.4) is 0 Å². The average Bonchev–Trinajstić information content (AvgIpc) is 2.80. The van der Waals surface area contributed by atoms with E-state index < -0.39 is 0 Å². The summed E-state index contributed by atoms with van der Waals surface area (Å²) in [5.41, 5.74) is 2.57. The van der Waals surface area contributed by atoms with Gasteiger partial charge < -0.3 is 5.32 Å². The van der Waals surface area contributed by atoms with Crippen LogP contribution >= 0.6 is 0 Å². The molecule has 1 aromatic heterocycles. The lowest BCUT2D eigenvalue weighted by atomic mass is 9.83. The molecule has 1 aliphatic carbocycles. The number of aryl methyl sites for hydroxylation is 1. The third kappa shape index (κ3) is 3.59. The van der Waals surface area contributed by atoms with Crippen LogP contribution in [0.4, 0.5) is 0 Å². The van der Waals surface area contributed by atoms with Gasteiger partial charge in [0.2, 0.25) is 0 Å². The summed E-state index contributed by atoms with van der Waals surface area (Å²) in [5.74, 6) is 0.824. The van der Waals surface area contributed by atoms with Crippen molar-refractivity contribution >= 4 is 0 Å². The molecule has 0 aromatic carbocycles. The van der Waals surface area contributed by atoms with E-state index in [9.17, 15) is 0 Å². The Morgan fingerprint density at radius 3 is 2.84 bits per heavy atom. The van der Waals surface area contributed by atoms with E-state index in [1.54, 1.807) is 0 Å². The summed E-state index contributed by atoms with van der Waals surface area (Å²) in [6.45, 7) is 8.72. The molecule has 0 spiro atoms. The zero-order valence-corrected chi connectivity index (χ0v) is 12.8. The molecule has 1 heterocycles. The monoisotopic (exact) mass is 263 g/mol. The van der Waals surface area contributed by atoms with E-state index in [1.807, 2.05) is 0 Å². The van der Waals surface area contributed by atoms with E-state index in [2.05, 4.69) is 37.0 Å². The first-order valence-corrected chi connectivity index (χ1v) is 8.01. The predicted molar refractivity (Wildman–Crippen MR) is 80.2 cm³/mol. The summed E-state index contributed by atoms with van der Waals surface area (Å²) < 4.78 is 2.27. The molecular weight excluding hydrogens is 234 g/mol. The van der Waals surface area contributed by atoms with E-state index >= 15 is 0 Å². The van der Waals surface area contributed by atoms with Crippen molar-refractivity contribution < 1.29 is 0 Å². The summed E-state index contributed by atoms with van der Waals surface area (Å²) in [6, 6.07) is 0.636. The van der Waals surface area contributed by atoms with Crippen molar-refractivity contribution in [2.75, 3.05) is 6.54 Å². The quantitative estimate of drug-likeness (QED) is 0.790. The fourth-order valence-corrected chi connectivity index (χ4v) is 3.28. The van der Waals surface area contributed by atoms with Crippen LogP contribution in [0.5, 0.6) is 0 Å². The van der Waals surface area contributed by atoms with Crippen LogP contribution in [0, 0.1) is 12.8 Å². The molecule has 1 saturated carbocycles. The van der Waals surface area contributed by atoms with Crippen LogP contribution in [0.25, 0.3) is 0 Å². The summed E-state index contributed by atoms with van der Waals surface area (Å²) in [6.07, 6.45) is 10.2. The molecule has 2 unspecified atom stereocenters. The van der Waals surface area contributed by atoms with Gasteiger partial charge in [-0.3, -0.25) is 4.68 Å². The first-order valence-electron chi connectivity index (χ1n) is 8.01. The van der Waals surface area contributed by atoms with Crippen LogP contribution in [0.2, 0.25) is 0 Å². The molecule has 3 heteroatoms. The number of nitrogens with zero attached hydrogens (tertiary/aromatic N) is 2. The van der Waals surface area contributed by atoms with Crippen molar-refractivity contribution in [3.63, 3.8) is 0 Å². The number of nitrogens with one attached hydrogen (secondary N) is 1. The Bertz CT molecular complexity index is 383. The molecule has 0 radical (unpaired) electrons. The number of hydrogen-bond donors (Lipinski definition) is 1. The second-order valence-electron chi connectivity index (χ2n) is 5.92. The molecule has 1 aromatic rings. The third-order valence-electron chi connectivity index (χ3n) is 4.49. The Morgan fingerprint density at radius 2 is 2.11 bits per heavy atom. The second-order valence-corrected chi connectivity index (χ2v) is 5.92. The third-order valence-corrected chi connectivity index (χ3v) is 4.49. The summed E-state index contributed by atoms with van der Waals surface area (Å²) in [5, 5.41) is 8.27. The van der Waals surface area contributed by atoms with Gasteiger partial charge in [-0.1, -0.05) is 33.1 Å². The standard InChI is InChI=1S/C16H29N3/c1-4-10-17-11-15-12-19(18-13(15)3)16-9-7-6-8-14(16)5-2/h12,14,16-17H,4-11H2,1-3H3. The van der Waals surface area contributed by atoms with Crippen molar-refractivity contribution in [2.45, 2.75) is 71.9 Å². The minimum atomic E-state index is 0.636. The fourth-order valence-electron chi connectivity index (χ4n) is 3.28. The highest BCUT2D eigenvalue weighted by Gasteiger charge is 2.26. The number of hydrogen-bond acceptors (Lipinski definition) is 2. The second kappa shape index (κ2) is 7.09. The maximum atomic E-state index is 4.79. The molecule has 19 heavy (non-hydrogen) atoms. The Hall–Kier alpha value is -0.830. The van der Waals surface area contributed by atoms with Gasteiger partial charge in [0.25, 0.3) is 0 Å². The van der Waals surface area contributed by atoms with Gasteiger partial charge in [0.15, 0.2) is 0 Å². The molecule has 0 saturated heterocycles. The Balaban J connectivity index is 2.05. The Kier molecular flexibility index (Phi) is 5.44. The van der Waals surface area contributed by atoms with E-state index in [-0.39, 0.29) is 0 Å². The summed E-state index contributed by atoms with van der Waals surface area (Å²) in [4.78, 5) is 0. The maximum Gasteiger partial charge on any atom is 0.0638 e. The van der Waals surface area contributed by atoms with Crippen molar-refractivity contribution in [2.24, 2.45) is 5.92 Å². The van der Waals surface area contributed by atoms with Gasteiger partial charge in [0.1, 0.15) is 0 Å². The van der Waals surface area contributed by atoms with Crippen molar-refractivity contribution in [3.8, 4) is 0 Å². The normalized spacial score (nSPS) is 23.7. The van der Waals surface area contributed by atoms with Crippen LogP contribution in [-0.2, 0) is 6.54 Å². The van der Waals surface area contributed by atoms with Gasteiger partial charge in [0.05, 0.1) is 11.7 Å². The van der Waals surface area contributed by atoms with Crippen LogP contribution < -0.4 is 5.32 Å². The minimum absolute atomic E-state index is 0.636. The van der Waals surface area contributed by atoms with Gasteiger partial charge in [-0.25, -0.2) is 0 Å². The molecular formula is C16H29N3. The smallest absolute Gasteiger partial charge is 0.0638 e. The van der Waals surface area contributed by atoms with Crippen LogP contribution in [0.15, 0.2) is 6.20 Å². The highest BCUT2D eigenvalue weighted by molar-refractivity contribution is 5.15. The van der Waals surface area contributed by atoms with Crippen LogP contribution in [-0.4, -0.2) is 16.3 Å². The first kappa shape index (κ1) is 14.6. The molecule has 1 N–H and O–H groups in total. The average molecular weight is 263 g/mol. The maximum absolute atomic E-state index is 4.79. The molecule has 1 aliphatic rings. The zero-order chi connectivity index (χ0) is 13.7. The fraction of sp³-hybridized carbons (Fsp3) is 0.812. The highest BCUT2D eigenvalue weighted by atomic mass is 15.3. The first-order chi connectivity index (χ1) is 9.26. The van der Waals surface area contributed by atoms with Crippen LogP contribution in [0.1, 0.15) is 69.7 Å². The Morgan fingerprint density at radius 1 is 1.32 bits per heavy atom. The summed E-state index contributed by atoms with van der Waals surface area (Å²) in [7, 11) is 0.